The van der Waals surface area contributed by atoms with Crippen molar-refractivity contribution in [3.8, 4) is 5.69 Å². The summed E-state index contributed by atoms with van der Waals surface area (Å²) in [6.07, 6.45) is 3.33. The Bertz CT molecular complexity index is 758. The lowest BCUT2D eigenvalue weighted by Crippen LogP contribution is -2.39. The van der Waals surface area contributed by atoms with E-state index in [4.69, 9.17) is 0 Å². The van der Waals surface area contributed by atoms with Gasteiger partial charge in [0.25, 0.3) is 5.91 Å². The van der Waals surface area contributed by atoms with Gasteiger partial charge in [0.05, 0.1) is 5.56 Å². The maximum Gasteiger partial charge on any atom is 0.255 e. The first-order valence-electron chi connectivity index (χ1n) is 9.40. The van der Waals surface area contributed by atoms with Gasteiger partial charge in [-0.1, -0.05) is 0 Å². The molecule has 1 aliphatic heterocycles. The van der Waals surface area contributed by atoms with E-state index in [1.165, 1.54) is 18.6 Å². The third kappa shape index (κ3) is 3.83. The number of nitrogens with zero attached hydrogens (tertiary/aromatic N) is 2. The van der Waals surface area contributed by atoms with Crippen molar-refractivity contribution in [3.05, 3.63) is 53.1 Å². The van der Waals surface area contributed by atoms with Crippen LogP contribution in [0, 0.1) is 25.6 Å². The van der Waals surface area contributed by atoms with Crippen LogP contribution in [0.25, 0.3) is 5.69 Å². The molecule has 0 aliphatic carbocycles. The summed E-state index contributed by atoms with van der Waals surface area (Å²) in [6.45, 7) is 6.64. The van der Waals surface area contributed by atoms with Crippen molar-refractivity contribution in [1.82, 2.24) is 14.8 Å². The Morgan fingerprint density at radius 1 is 1.19 bits per heavy atom. The number of aryl methyl sites for hydroxylation is 1. The topological polar surface area (TPSA) is 37.3 Å². The van der Waals surface area contributed by atoms with Gasteiger partial charge < -0.3 is 14.8 Å². The molecule has 0 radical (unpaired) electrons. The molecule has 1 amide bonds. The Morgan fingerprint density at radius 3 is 2.46 bits per heavy atom. The van der Waals surface area contributed by atoms with E-state index >= 15 is 0 Å². The maximum absolute atomic E-state index is 13.2. The standard InChI is InChI=1S/C21H28FN3O/c1-15-14-20(16(2)25(15)19-6-4-18(22)5-7-19)21(26)24-12-9-17(10-13-24)8-11-23-3/h4-7,14,17,23H,8-13H2,1-3H3. The van der Waals surface area contributed by atoms with Gasteiger partial charge in [-0.25, -0.2) is 4.39 Å². The van der Waals surface area contributed by atoms with E-state index < -0.39 is 0 Å². The summed E-state index contributed by atoms with van der Waals surface area (Å²) in [7, 11) is 1.98. The first-order chi connectivity index (χ1) is 12.5. The Labute approximate surface area is 155 Å². The summed E-state index contributed by atoms with van der Waals surface area (Å²) >= 11 is 0. The molecule has 0 bridgehead atoms. The van der Waals surface area contributed by atoms with Gasteiger partial charge in [-0.3, -0.25) is 4.79 Å². The highest BCUT2D eigenvalue weighted by atomic mass is 19.1. The molecule has 0 saturated carbocycles. The van der Waals surface area contributed by atoms with Gasteiger partial charge in [0.1, 0.15) is 5.82 Å². The number of benzene rings is 1. The van der Waals surface area contributed by atoms with Gasteiger partial charge in [-0.15, -0.1) is 0 Å². The summed E-state index contributed by atoms with van der Waals surface area (Å²) in [5.41, 5.74) is 3.53. The minimum atomic E-state index is -0.256. The molecule has 5 heteroatoms. The third-order valence-corrected chi connectivity index (χ3v) is 5.45. The number of hydrogen-bond donors (Lipinski definition) is 1. The molecule has 0 atom stereocenters. The van der Waals surface area contributed by atoms with E-state index in [1.807, 2.05) is 36.4 Å². The van der Waals surface area contributed by atoms with Crippen molar-refractivity contribution < 1.29 is 9.18 Å². The summed E-state index contributed by atoms with van der Waals surface area (Å²) in [5.74, 6) is 0.560. The summed E-state index contributed by atoms with van der Waals surface area (Å²) < 4.78 is 15.2. The summed E-state index contributed by atoms with van der Waals surface area (Å²) in [5, 5.41) is 3.20. The van der Waals surface area contributed by atoms with Crippen molar-refractivity contribution >= 4 is 5.91 Å². The lowest BCUT2D eigenvalue weighted by Gasteiger charge is -2.32. The third-order valence-electron chi connectivity index (χ3n) is 5.45. The highest BCUT2D eigenvalue weighted by Crippen LogP contribution is 2.25. The fraction of sp³-hybridized carbons (Fsp3) is 0.476. The number of amides is 1. The smallest absolute Gasteiger partial charge is 0.255 e. The van der Waals surface area contributed by atoms with Crippen molar-refractivity contribution in [2.24, 2.45) is 5.92 Å². The molecule has 2 heterocycles. The van der Waals surface area contributed by atoms with Gasteiger partial charge in [0.2, 0.25) is 0 Å². The van der Waals surface area contributed by atoms with Crippen molar-refractivity contribution in [1.29, 1.82) is 0 Å². The molecule has 4 nitrogen and oxygen atoms in total. The summed E-state index contributed by atoms with van der Waals surface area (Å²) in [4.78, 5) is 15.0. The lowest BCUT2D eigenvalue weighted by molar-refractivity contribution is 0.0686. The molecule has 140 valence electrons. The van der Waals surface area contributed by atoms with Crippen LogP contribution in [-0.4, -0.2) is 42.1 Å². The van der Waals surface area contributed by atoms with E-state index in [-0.39, 0.29) is 11.7 Å². The Balaban J connectivity index is 1.75. The van der Waals surface area contributed by atoms with Crippen LogP contribution < -0.4 is 5.32 Å². The van der Waals surface area contributed by atoms with E-state index in [1.54, 1.807) is 12.1 Å². The van der Waals surface area contributed by atoms with Crippen LogP contribution in [0.15, 0.2) is 30.3 Å². The number of aromatic nitrogens is 1. The molecule has 0 unspecified atom stereocenters. The van der Waals surface area contributed by atoms with Gasteiger partial charge in [-0.2, -0.15) is 0 Å². The van der Waals surface area contributed by atoms with Crippen LogP contribution in [0.3, 0.4) is 0 Å². The molecule has 1 aromatic heterocycles. The fourth-order valence-electron chi connectivity index (χ4n) is 3.91. The largest absolute Gasteiger partial charge is 0.339 e. The van der Waals surface area contributed by atoms with Crippen molar-refractivity contribution in [3.63, 3.8) is 0 Å². The predicted molar refractivity (Wildman–Crippen MR) is 102 cm³/mol. The second kappa shape index (κ2) is 8.04. The number of carbonyl (C=O) groups excluding carboxylic acids is 1. The molecular formula is C21H28FN3O. The average molecular weight is 357 g/mol. The van der Waals surface area contributed by atoms with Crippen molar-refractivity contribution in [2.75, 3.05) is 26.7 Å². The van der Waals surface area contributed by atoms with Gasteiger partial charge >= 0.3 is 0 Å². The first kappa shape index (κ1) is 18.6. The molecule has 1 aliphatic rings. The number of rotatable bonds is 5. The highest BCUT2D eigenvalue weighted by Gasteiger charge is 2.26. The van der Waals surface area contributed by atoms with Gasteiger partial charge in [0.15, 0.2) is 0 Å². The predicted octanol–water partition coefficient (Wildman–Crippen LogP) is 3.69. The zero-order chi connectivity index (χ0) is 18.7. The number of piperidine rings is 1. The Morgan fingerprint density at radius 2 is 1.85 bits per heavy atom. The number of halogens is 1. The summed E-state index contributed by atoms with van der Waals surface area (Å²) in [6, 6.07) is 8.35. The number of hydrogen-bond acceptors (Lipinski definition) is 2. The molecular weight excluding hydrogens is 329 g/mol. The van der Waals surface area contributed by atoms with Crippen LogP contribution in [0.4, 0.5) is 4.39 Å². The number of likely N-dealkylation sites (tertiary alicyclic amines) is 1. The van der Waals surface area contributed by atoms with Crippen LogP contribution in [-0.2, 0) is 0 Å². The molecule has 2 aromatic rings. The molecule has 1 aromatic carbocycles. The van der Waals surface area contributed by atoms with Crippen LogP contribution in [0.5, 0.6) is 0 Å². The molecule has 1 N–H and O–H groups in total. The lowest BCUT2D eigenvalue weighted by atomic mass is 9.93. The van der Waals surface area contributed by atoms with Gasteiger partial charge in [0, 0.05) is 30.2 Å². The normalized spacial score (nSPS) is 15.5. The monoisotopic (exact) mass is 357 g/mol. The maximum atomic E-state index is 13.2. The number of nitrogens with one attached hydrogen (secondary N) is 1. The molecule has 26 heavy (non-hydrogen) atoms. The molecule has 3 rings (SSSR count). The number of carbonyl (C=O) groups is 1. The van der Waals surface area contributed by atoms with E-state index in [9.17, 15) is 9.18 Å². The van der Waals surface area contributed by atoms with Crippen LogP contribution in [0.1, 0.15) is 41.0 Å². The van der Waals surface area contributed by atoms with Gasteiger partial charge in [-0.05, 0) is 83.0 Å². The molecule has 1 fully saturated rings. The first-order valence-corrected chi connectivity index (χ1v) is 9.40. The highest BCUT2D eigenvalue weighted by molar-refractivity contribution is 5.96. The molecule has 0 spiro atoms. The second-order valence-electron chi connectivity index (χ2n) is 7.22. The van der Waals surface area contributed by atoms with E-state index in [0.29, 0.717) is 5.92 Å². The minimum absolute atomic E-state index is 0.110. The second-order valence-corrected chi connectivity index (χ2v) is 7.22. The average Bonchev–Trinajstić information content (AvgIpc) is 2.95. The van der Waals surface area contributed by atoms with E-state index in [0.717, 1.165) is 55.1 Å². The van der Waals surface area contributed by atoms with Crippen LogP contribution in [0.2, 0.25) is 0 Å². The Hall–Kier alpha value is -2.14. The van der Waals surface area contributed by atoms with Crippen molar-refractivity contribution in [2.45, 2.75) is 33.1 Å². The van der Waals surface area contributed by atoms with Crippen LogP contribution >= 0.6 is 0 Å². The SMILES string of the molecule is CNCCC1CCN(C(=O)c2cc(C)n(-c3ccc(F)cc3)c2C)CC1. The van der Waals surface area contributed by atoms with E-state index in [2.05, 4.69) is 5.32 Å². The zero-order valence-corrected chi connectivity index (χ0v) is 15.9. The quantitative estimate of drug-likeness (QED) is 0.886. The molecule has 1 saturated heterocycles. The zero-order valence-electron chi connectivity index (χ0n) is 15.9. The Kier molecular flexibility index (Phi) is 5.77. The minimum Gasteiger partial charge on any atom is -0.339 e. The fourth-order valence-corrected chi connectivity index (χ4v) is 3.91.